The fraction of sp³-hybridized carbons (Fsp3) is 0.667. The van der Waals surface area contributed by atoms with Crippen LogP contribution in [0.3, 0.4) is 0 Å². The summed E-state index contributed by atoms with van der Waals surface area (Å²) in [4.78, 5) is 14.3. The molecule has 8 heteroatoms. The Morgan fingerprint density at radius 3 is 3.12 bits per heavy atom. The molecule has 0 spiro atoms. The van der Waals surface area contributed by atoms with Gasteiger partial charge in [-0.1, -0.05) is 0 Å². The van der Waals surface area contributed by atoms with Crippen molar-refractivity contribution in [2.75, 3.05) is 13.7 Å². The molecule has 2 N–H and O–H groups in total. The molecule has 0 saturated heterocycles. The number of rotatable bonds is 6. The van der Waals surface area contributed by atoms with E-state index in [1.54, 1.807) is 4.68 Å². The van der Waals surface area contributed by atoms with E-state index in [4.69, 9.17) is 12.3 Å². The van der Waals surface area contributed by atoms with Gasteiger partial charge in [0.05, 0.1) is 7.11 Å². The first-order chi connectivity index (χ1) is 8.19. The Hall–Kier alpha value is -2.01. The van der Waals surface area contributed by atoms with Crippen LogP contribution in [0, 0.1) is 6.57 Å². The topological polar surface area (TPSA) is 100 Å². The lowest BCUT2D eigenvalue weighted by Crippen LogP contribution is -2.32. The van der Waals surface area contributed by atoms with Crippen molar-refractivity contribution >= 4 is 5.97 Å². The molecular formula is C9H14N6O2. The van der Waals surface area contributed by atoms with E-state index < -0.39 is 12.0 Å². The second kappa shape index (κ2) is 6.55. The summed E-state index contributed by atoms with van der Waals surface area (Å²) < 4.78 is 6.06. The van der Waals surface area contributed by atoms with Gasteiger partial charge in [-0.3, -0.25) is 4.79 Å². The molecule has 0 aliphatic carbocycles. The maximum absolute atomic E-state index is 11.1. The second-order valence-corrected chi connectivity index (χ2v) is 3.37. The zero-order valence-corrected chi connectivity index (χ0v) is 9.54. The number of tetrazole rings is 1. The lowest BCUT2D eigenvalue weighted by molar-refractivity contribution is -0.142. The van der Waals surface area contributed by atoms with Crippen molar-refractivity contribution in [2.45, 2.75) is 25.4 Å². The first-order valence-electron chi connectivity index (χ1n) is 5.10. The van der Waals surface area contributed by atoms with E-state index in [9.17, 15) is 4.79 Å². The number of hydrogen-bond acceptors (Lipinski definition) is 6. The molecule has 0 unspecified atom stereocenters. The summed E-state index contributed by atoms with van der Waals surface area (Å²) in [7, 11) is 1.29. The minimum atomic E-state index is -0.675. The van der Waals surface area contributed by atoms with Gasteiger partial charge in [-0.2, -0.15) is 0 Å². The number of hydrogen-bond donors (Lipinski definition) is 1. The molecule has 1 rings (SSSR count). The number of nitrogens with zero attached hydrogens (tertiary/aromatic N) is 5. The van der Waals surface area contributed by atoms with E-state index in [-0.39, 0.29) is 0 Å². The van der Waals surface area contributed by atoms with Gasteiger partial charge in [0.25, 0.3) is 0 Å². The number of carbonyl (C=O) groups excluding carboxylic acids is 1. The Kier molecular flexibility index (Phi) is 5.03. The molecule has 1 aromatic heterocycles. The summed E-state index contributed by atoms with van der Waals surface area (Å²) >= 11 is 0. The number of methoxy groups -OCH3 is 1. The Balaban J connectivity index is 2.49. The van der Waals surface area contributed by atoms with Crippen molar-refractivity contribution in [3.63, 3.8) is 0 Å². The summed E-state index contributed by atoms with van der Waals surface area (Å²) in [5.41, 5.74) is 5.59. The zero-order valence-electron chi connectivity index (χ0n) is 9.54. The molecule has 0 saturated carbocycles. The Labute approximate surface area is 98.6 Å². The van der Waals surface area contributed by atoms with Crippen molar-refractivity contribution in [1.29, 1.82) is 0 Å². The van der Waals surface area contributed by atoms with Gasteiger partial charge in [0.2, 0.25) is 6.54 Å². The van der Waals surface area contributed by atoms with E-state index in [2.05, 4.69) is 25.1 Å². The summed E-state index contributed by atoms with van der Waals surface area (Å²) in [5.74, 6) is 0.165. The second-order valence-electron chi connectivity index (χ2n) is 3.37. The first-order valence-corrected chi connectivity index (χ1v) is 5.10. The quantitative estimate of drug-likeness (QED) is 0.505. The molecule has 0 fully saturated rings. The normalized spacial score (nSPS) is 11.8. The van der Waals surface area contributed by atoms with Gasteiger partial charge in [0, 0.05) is 6.42 Å². The number of ether oxygens (including phenoxy) is 1. The van der Waals surface area contributed by atoms with E-state index >= 15 is 0 Å². The fourth-order valence-electron chi connectivity index (χ4n) is 1.27. The van der Waals surface area contributed by atoms with Gasteiger partial charge in [-0.25, -0.2) is 11.3 Å². The molecule has 0 aromatic carbocycles. The number of aryl methyl sites for hydroxylation is 1. The lowest BCUT2D eigenvalue weighted by Gasteiger charge is -2.07. The molecule has 0 aliphatic rings. The first kappa shape index (κ1) is 13.1. The molecule has 1 aromatic rings. The zero-order chi connectivity index (χ0) is 12.7. The van der Waals surface area contributed by atoms with E-state index in [0.717, 1.165) is 0 Å². The van der Waals surface area contributed by atoms with Gasteiger partial charge < -0.3 is 15.3 Å². The SMILES string of the molecule is [C-]#[N+]CCn1nnnc1CC[C@H](N)C(=O)OC. The number of nitrogens with two attached hydrogens (primary N) is 1. The summed E-state index contributed by atoms with van der Waals surface area (Å²) in [6.07, 6.45) is 0.881. The van der Waals surface area contributed by atoms with Crippen LogP contribution in [0.4, 0.5) is 0 Å². The highest BCUT2D eigenvalue weighted by Gasteiger charge is 2.15. The minimum absolute atomic E-state index is 0.321. The monoisotopic (exact) mass is 238 g/mol. The smallest absolute Gasteiger partial charge is 0.322 e. The number of esters is 1. The van der Waals surface area contributed by atoms with Gasteiger partial charge >= 0.3 is 5.97 Å². The van der Waals surface area contributed by atoms with Crippen LogP contribution in [0.25, 0.3) is 4.85 Å². The van der Waals surface area contributed by atoms with E-state index in [1.807, 2.05) is 0 Å². The molecule has 92 valence electrons. The van der Waals surface area contributed by atoms with Gasteiger partial charge in [0.1, 0.15) is 12.6 Å². The van der Waals surface area contributed by atoms with Gasteiger partial charge in [0.15, 0.2) is 5.82 Å². The predicted molar refractivity (Wildman–Crippen MR) is 57.6 cm³/mol. The van der Waals surface area contributed by atoms with Crippen molar-refractivity contribution in [2.24, 2.45) is 5.73 Å². The molecule has 0 amide bonds. The molecule has 0 radical (unpaired) electrons. The van der Waals surface area contributed by atoms with Crippen LogP contribution >= 0.6 is 0 Å². The Morgan fingerprint density at radius 1 is 1.71 bits per heavy atom. The van der Waals surface area contributed by atoms with Crippen molar-refractivity contribution in [1.82, 2.24) is 20.2 Å². The summed E-state index contributed by atoms with van der Waals surface area (Å²) in [5, 5.41) is 11.1. The Bertz CT molecular complexity index is 410. The standard InChI is InChI=1S/C9H14N6O2/c1-11-5-6-15-8(12-13-14-15)4-3-7(10)9(16)17-2/h7H,3-6,10H2,2H3/t7-/m0/s1. The highest BCUT2D eigenvalue weighted by molar-refractivity contribution is 5.75. The van der Waals surface area contributed by atoms with E-state index in [0.29, 0.717) is 31.8 Å². The third-order valence-corrected chi connectivity index (χ3v) is 2.21. The molecule has 17 heavy (non-hydrogen) atoms. The lowest BCUT2D eigenvalue weighted by atomic mass is 10.1. The van der Waals surface area contributed by atoms with Crippen LogP contribution in [-0.4, -0.2) is 45.9 Å². The Morgan fingerprint density at radius 2 is 2.47 bits per heavy atom. The molecule has 1 heterocycles. The maximum Gasteiger partial charge on any atom is 0.322 e. The summed E-state index contributed by atoms with van der Waals surface area (Å²) in [6, 6.07) is -0.675. The molecule has 0 bridgehead atoms. The van der Waals surface area contributed by atoms with Crippen LogP contribution in [-0.2, 0) is 22.5 Å². The fourth-order valence-corrected chi connectivity index (χ4v) is 1.27. The third kappa shape index (κ3) is 3.81. The van der Waals surface area contributed by atoms with Crippen LogP contribution in [0.1, 0.15) is 12.2 Å². The third-order valence-electron chi connectivity index (χ3n) is 2.21. The van der Waals surface area contributed by atoms with Gasteiger partial charge in [-0.05, 0) is 16.8 Å². The van der Waals surface area contributed by atoms with Crippen molar-refractivity contribution in [3.05, 3.63) is 17.2 Å². The van der Waals surface area contributed by atoms with Crippen molar-refractivity contribution in [3.8, 4) is 0 Å². The van der Waals surface area contributed by atoms with Crippen molar-refractivity contribution < 1.29 is 9.53 Å². The largest absolute Gasteiger partial charge is 0.468 e. The van der Waals surface area contributed by atoms with Crippen LogP contribution < -0.4 is 5.73 Å². The minimum Gasteiger partial charge on any atom is -0.468 e. The highest BCUT2D eigenvalue weighted by Crippen LogP contribution is 2.01. The van der Waals surface area contributed by atoms with Crippen LogP contribution in [0.15, 0.2) is 0 Å². The average molecular weight is 238 g/mol. The molecule has 0 aliphatic heterocycles. The van der Waals surface area contributed by atoms with Crippen LogP contribution in [0.5, 0.6) is 0 Å². The van der Waals surface area contributed by atoms with Crippen LogP contribution in [0.2, 0.25) is 0 Å². The number of aromatic nitrogens is 4. The average Bonchev–Trinajstić information content (AvgIpc) is 2.79. The predicted octanol–water partition coefficient (Wildman–Crippen LogP) is -0.975. The maximum atomic E-state index is 11.1. The highest BCUT2D eigenvalue weighted by atomic mass is 16.5. The number of carbonyl (C=O) groups is 1. The molecule has 8 nitrogen and oxygen atoms in total. The summed E-state index contributed by atoms with van der Waals surface area (Å²) in [6.45, 7) is 7.45. The molecule has 1 atom stereocenters. The van der Waals surface area contributed by atoms with Gasteiger partial charge in [-0.15, -0.1) is 5.10 Å². The van der Waals surface area contributed by atoms with E-state index in [1.165, 1.54) is 7.11 Å². The molecular weight excluding hydrogens is 224 g/mol.